The summed E-state index contributed by atoms with van der Waals surface area (Å²) >= 11 is 0. The molecular weight excluding hydrogens is 248 g/mol. The van der Waals surface area contributed by atoms with E-state index >= 15 is 0 Å². The van der Waals surface area contributed by atoms with Gasteiger partial charge in [-0.1, -0.05) is 25.8 Å². The minimum absolute atomic E-state index is 0.116. The van der Waals surface area contributed by atoms with E-state index in [0.29, 0.717) is 5.92 Å². The lowest BCUT2D eigenvalue weighted by Gasteiger charge is -2.35. The number of hydrogen-bond donors (Lipinski definition) is 1. The molecule has 1 fully saturated rings. The number of rotatable bonds is 6. The van der Waals surface area contributed by atoms with E-state index in [1.807, 2.05) is 18.3 Å². The molecule has 3 nitrogen and oxygen atoms in total. The van der Waals surface area contributed by atoms with E-state index in [-0.39, 0.29) is 6.10 Å². The normalized spacial score (nSPS) is 26.9. The van der Waals surface area contributed by atoms with Crippen molar-refractivity contribution in [2.75, 3.05) is 13.6 Å². The largest absolute Gasteiger partial charge is 0.393 e. The number of nitrogens with zero attached hydrogens (tertiary/aromatic N) is 2. The Morgan fingerprint density at radius 2 is 2.20 bits per heavy atom. The molecule has 1 N–H and O–H groups in total. The van der Waals surface area contributed by atoms with Crippen LogP contribution in [0.2, 0.25) is 0 Å². The second-order valence-corrected chi connectivity index (χ2v) is 6.31. The second kappa shape index (κ2) is 7.75. The van der Waals surface area contributed by atoms with Crippen molar-refractivity contribution in [3.63, 3.8) is 0 Å². The maximum Gasteiger partial charge on any atom is 0.0580 e. The van der Waals surface area contributed by atoms with Gasteiger partial charge in [-0.05, 0) is 50.3 Å². The monoisotopic (exact) mass is 276 g/mol. The zero-order valence-corrected chi connectivity index (χ0v) is 12.8. The molecule has 0 radical (unpaired) electrons. The summed E-state index contributed by atoms with van der Waals surface area (Å²) in [6.07, 6.45) is 7.67. The molecule has 2 rings (SSSR count). The highest BCUT2D eigenvalue weighted by Crippen LogP contribution is 2.32. The highest BCUT2D eigenvalue weighted by atomic mass is 16.3. The first kappa shape index (κ1) is 15.5. The molecule has 1 aromatic rings. The van der Waals surface area contributed by atoms with Gasteiger partial charge in [0.15, 0.2) is 0 Å². The third-order valence-electron chi connectivity index (χ3n) is 4.45. The quantitative estimate of drug-likeness (QED) is 0.867. The van der Waals surface area contributed by atoms with Gasteiger partial charge in [0.05, 0.1) is 11.8 Å². The fourth-order valence-electron chi connectivity index (χ4n) is 3.44. The Bertz CT molecular complexity index is 382. The predicted molar refractivity (Wildman–Crippen MR) is 82.3 cm³/mol. The lowest BCUT2D eigenvalue weighted by Crippen LogP contribution is -2.37. The molecule has 1 aromatic heterocycles. The Balaban J connectivity index is 1.84. The zero-order chi connectivity index (χ0) is 14.4. The molecule has 0 bridgehead atoms. The molecule has 0 aromatic carbocycles. The number of aliphatic hydroxyl groups is 1. The van der Waals surface area contributed by atoms with Crippen molar-refractivity contribution in [1.29, 1.82) is 0 Å². The third kappa shape index (κ3) is 4.57. The van der Waals surface area contributed by atoms with Crippen molar-refractivity contribution < 1.29 is 5.11 Å². The minimum atomic E-state index is -0.116. The van der Waals surface area contributed by atoms with Gasteiger partial charge in [0.1, 0.15) is 0 Å². The van der Waals surface area contributed by atoms with E-state index in [2.05, 4.69) is 29.9 Å². The summed E-state index contributed by atoms with van der Waals surface area (Å²) in [5, 5.41) is 10.2. The molecular formula is C17H28N2O. The Morgan fingerprint density at radius 1 is 1.35 bits per heavy atom. The summed E-state index contributed by atoms with van der Waals surface area (Å²) in [6.45, 7) is 4.09. The number of hydrogen-bond acceptors (Lipinski definition) is 3. The maximum absolute atomic E-state index is 10.2. The Hall–Kier alpha value is -0.930. The molecule has 1 aliphatic carbocycles. The van der Waals surface area contributed by atoms with Crippen LogP contribution in [0.1, 0.15) is 44.7 Å². The topological polar surface area (TPSA) is 36.4 Å². The van der Waals surface area contributed by atoms with Crippen LogP contribution < -0.4 is 0 Å². The fourth-order valence-corrected chi connectivity index (χ4v) is 3.44. The predicted octanol–water partition coefficient (Wildman–Crippen LogP) is 3.09. The lowest BCUT2D eigenvalue weighted by molar-refractivity contribution is 0.0286. The molecule has 1 saturated carbocycles. The summed E-state index contributed by atoms with van der Waals surface area (Å²) in [6, 6.07) is 6.04. The summed E-state index contributed by atoms with van der Waals surface area (Å²) < 4.78 is 0. The van der Waals surface area contributed by atoms with Crippen LogP contribution in [-0.4, -0.2) is 34.7 Å². The molecule has 3 unspecified atom stereocenters. The van der Waals surface area contributed by atoms with Crippen molar-refractivity contribution in [2.45, 2.75) is 51.7 Å². The van der Waals surface area contributed by atoms with Crippen molar-refractivity contribution in [2.24, 2.45) is 11.8 Å². The summed E-state index contributed by atoms with van der Waals surface area (Å²) in [7, 11) is 2.13. The van der Waals surface area contributed by atoms with Gasteiger partial charge in [0, 0.05) is 19.3 Å². The van der Waals surface area contributed by atoms with E-state index in [4.69, 9.17) is 0 Å². The van der Waals surface area contributed by atoms with Crippen LogP contribution >= 0.6 is 0 Å². The first-order valence-electron chi connectivity index (χ1n) is 7.95. The average molecular weight is 276 g/mol. The van der Waals surface area contributed by atoms with E-state index in [0.717, 1.165) is 31.1 Å². The fraction of sp³-hybridized carbons (Fsp3) is 0.706. The maximum atomic E-state index is 10.2. The van der Waals surface area contributed by atoms with Crippen LogP contribution in [-0.2, 0) is 6.54 Å². The van der Waals surface area contributed by atoms with Gasteiger partial charge < -0.3 is 10.0 Å². The average Bonchev–Trinajstić information content (AvgIpc) is 2.44. The Morgan fingerprint density at radius 3 is 2.90 bits per heavy atom. The summed E-state index contributed by atoms with van der Waals surface area (Å²) in [5.74, 6) is 1.24. The van der Waals surface area contributed by atoms with Gasteiger partial charge in [-0.3, -0.25) is 4.98 Å². The van der Waals surface area contributed by atoms with Crippen molar-refractivity contribution in [3.05, 3.63) is 30.1 Å². The van der Waals surface area contributed by atoms with E-state index in [1.165, 1.54) is 25.7 Å². The molecule has 20 heavy (non-hydrogen) atoms. The van der Waals surface area contributed by atoms with Gasteiger partial charge in [-0.2, -0.15) is 0 Å². The smallest absolute Gasteiger partial charge is 0.0580 e. The van der Waals surface area contributed by atoms with Crippen molar-refractivity contribution in [3.8, 4) is 0 Å². The first-order chi connectivity index (χ1) is 9.69. The summed E-state index contributed by atoms with van der Waals surface area (Å²) in [5.41, 5.74) is 1.10. The second-order valence-electron chi connectivity index (χ2n) is 6.31. The van der Waals surface area contributed by atoms with Gasteiger partial charge in [0.2, 0.25) is 0 Å². The van der Waals surface area contributed by atoms with Crippen LogP contribution in [0.25, 0.3) is 0 Å². The van der Waals surface area contributed by atoms with Crippen LogP contribution in [0.15, 0.2) is 24.4 Å². The molecule has 3 heteroatoms. The molecule has 0 amide bonds. The highest BCUT2D eigenvalue weighted by Gasteiger charge is 2.29. The SMILES string of the molecule is CCCC1CCC(O)C(CN(C)Cc2ccccn2)C1. The van der Waals surface area contributed by atoms with Gasteiger partial charge in [0.25, 0.3) is 0 Å². The molecule has 0 saturated heterocycles. The van der Waals surface area contributed by atoms with Crippen LogP contribution in [0.3, 0.4) is 0 Å². The van der Waals surface area contributed by atoms with Crippen LogP contribution in [0.5, 0.6) is 0 Å². The highest BCUT2D eigenvalue weighted by molar-refractivity contribution is 5.03. The first-order valence-corrected chi connectivity index (χ1v) is 7.95. The molecule has 112 valence electrons. The number of aliphatic hydroxyl groups excluding tert-OH is 1. The van der Waals surface area contributed by atoms with Crippen LogP contribution in [0, 0.1) is 11.8 Å². The zero-order valence-electron chi connectivity index (χ0n) is 12.8. The van der Waals surface area contributed by atoms with Crippen molar-refractivity contribution >= 4 is 0 Å². The number of pyridine rings is 1. The Labute approximate surface area is 123 Å². The molecule has 1 heterocycles. The standard InChI is InChI=1S/C17H28N2O/c1-3-6-14-8-9-17(20)15(11-14)12-19(2)13-16-7-4-5-10-18-16/h4-5,7,10,14-15,17,20H,3,6,8-9,11-13H2,1-2H3. The van der Waals surface area contributed by atoms with Crippen LogP contribution in [0.4, 0.5) is 0 Å². The molecule has 3 atom stereocenters. The van der Waals surface area contributed by atoms with Gasteiger partial charge >= 0.3 is 0 Å². The van der Waals surface area contributed by atoms with Crippen molar-refractivity contribution in [1.82, 2.24) is 9.88 Å². The van der Waals surface area contributed by atoms with E-state index in [9.17, 15) is 5.11 Å². The molecule has 1 aliphatic rings. The van der Waals surface area contributed by atoms with E-state index in [1.54, 1.807) is 0 Å². The Kier molecular flexibility index (Phi) is 5.99. The lowest BCUT2D eigenvalue weighted by atomic mass is 9.77. The van der Waals surface area contributed by atoms with Gasteiger partial charge in [-0.25, -0.2) is 0 Å². The number of aromatic nitrogens is 1. The third-order valence-corrected chi connectivity index (χ3v) is 4.45. The minimum Gasteiger partial charge on any atom is -0.393 e. The molecule has 0 aliphatic heterocycles. The van der Waals surface area contributed by atoms with E-state index < -0.39 is 0 Å². The summed E-state index contributed by atoms with van der Waals surface area (Å²) in [4.78, 5) is 6.67. The molecule has 0 spiro atoms. The van der Waals surface area contributed by atoms with Gasteiger partial charge in [-0.15, -0.1) is 0 Å².